The van der Waals surface area contributed by atoms with E-state index in [2.05, 4.69) is 5.32 Å². The first-order chi connectivity index (χ1) is 9.01. The Morgan fingerprint density at radius 1 is 1.16 bits per heavy atom. The summed E-state index contributed by atoms with van der Waals surface area (Å²) >= 11 is 0. The molecule has 1 amide bonds. The van der Waals surface area contributed by atoms with Crippen molar-refractivity contribution < 1.29 is 14.7 Å². The molecule has 0 rings (SSSR count). The number of likely N-dealkylation sites (N-methyl/N-ethyl adjacent to an activating group) is 1. The average Bonchev–Trinajstić information content (AvgIpc) is 2.39. The number of rotatable bonds is 10. The standard InChI is InChI=1S/C14H28N2O3/c1-5-9-10-11(14(18)19)15-13(17)12(6-2)16(7-3)8-4/h11-12H,5-10H2,1-4H3,(H,15,17)(H,18,19)/t11-,12?/m0/s1. The summed E-state index contributed by atoms with van der Waals surface area (Å²) in [7, 11) is 0. The smallest absolute Gasteiger partial charge is 0.326 e. The van der Waals surface area contributed by atoms with Crippen LogP contribution in [0.25, 0.3) is 0 Å². The summed E-state index contributed by atoms with van der Waals surface area (Å²) in [6.07, 6.45) is 2.91. The van der Waals surface area contributed by atoms with Gasteiger partial charge in [0.1, 0.15) is 6.04 Å². The highest BCUT2D eigenvalue weighted by molar-refractivity contribution is 5.86. The van der Waals surface area contributed by atoms with E-state index < -0.39 is 12.0 Å². The molecule has 19 heavy (non-hydrogen) atoms. The fraction of sp³-hybridized carbons (Fsp3) is 0.857. The van der Waals surface area contributed by atoms with Gasteiger partial charge in [0, 0.05) is 0 Å². The Balaban J connectivity index is 4.62. The zero-order valence-corrected chi connectivity index (χ0v) is 12.6. The van der Waals surface area contributed by atoms with Crippen LogP contribution in [0.15, 0.2) is 0 Å². The molecule has 0 aliphatic heterocycles. The lowest BCUT2D eigenvalue weighted by molar-refractivity contribution is -0.143. The second-order valence-electron chi connectivity index (χ2n) is 4.69. The Hall–Kier alpha value is -1.10. The van der Waals surface area contributed by atoms with Crippen LogP contribution in [0.5, 0.6) is 0 Å². The van der Waals surface area contributed by atoms with Crippen LogP contribution in [-0.4, -0.2) is 47.1 Å². The van der Waals surface area contributed by atoms with Crippen molar-refractivity contribution in [2.75, 3.05) is 13.1 Å². The number of hydrogen-bond acceptors (Lipinski definition) is 3. The Morgan fingerprint density at radius 3 is 2.11 bits per heavy atom. The van der Waals surface area contributed by atoms with E-state index in [4.69, 9.17) is 5.11 Å². The van der Waals surface area contributed by atoms with Crippen molar-refractivity contribution in [1.82, 2.24) is 10.2 Å². The number of carboxylic acid groups (broad SMARTS) is 1. The summed E-state index contributed by atoms with van der Waals surface area (Å²) < 4.78 is 0. The maximum atomic E-state index is 12.2. The third-order valence-electron chi connectivity index (χ3n) is 3.40. The minimum atomic E-state index is -0.948. The Bertz CT molecular complexity index is 278. The first-order valence-electron chi connectivity index (χ1n) is 7.28. The van der Waals surface area contributed by atoms with Crippen LogP contribution in [0.3, 0.4) is 0 Å². The van der Waals surface area contributed by atoms with Gasteiger partial charge in [0.05, 0.1) is 6.04 Å². The minimum absolute atomic E-state index is 0.172. The second kappa shape index (κ2) is 9.78. The molecule has 0 heterocycles. The van der Waals surface area contributed by atoms with Gasteiger partial charge in [-0.25, -0.2) is 4.79 Å². The van der Waals surface area contributed by atoms with E-state index in [9.17, 15) is 9.59 Å². The Kier molecular flexibility index (Phi) is 9.21. The molecule has 0 radical (unpaired) electrons. The molecule has 0 bridgehead atoms. The Labute approximate surface area is 116 Å². The van der Waals surface area contributed by atoms with Crippen molar-refractivity contribution in [2.45, 2.75) is 65.5 Å². The normalized spacial score (nSPS) is 14.2. The van der Waals surface area contributed by atoms with Crippen LogP contribution in [0.2, 0.25) is 0 Å². The fourth-order valence-electron chi connectivity index (χ4n) is 2.21. The molecule has 0 fully saturated rings. The number of unbranched alkanes of at least 4 members (excludes halogenated alkanes) is 1. The average molecular weight is 272 g/mol. The minimum Gasteiger partial charge on any atom is -0.480 e. The van der Waals surface area contributed by atoms with Gasteiger partial charge < -0.3 is 10.4 Å². The monoisotopic (exact) mass is 272 g/mol. The first-order valence-corrected chi connectivity index (χ1v) is 7.28. The zero-order chi connectivity index (χ0) is 14.8. The molecule has 0 aliphatic rings. The summed E-state index contributed by atoms with van der Waals surface area (Å²) in [6.45, 7) is 9.54. The van der Waals surface area contributed by atoms with Crippen LogP contribution in [-0.2, 0) is 9.59 Å². The molecule has 5 heteroatoms. The number of amides is 1. The molecule has 1 unspecified atom stereocenters. The van der Waals surface area contributed by atoms with Crippen molar-refractivity contribution in [3.8, 4) is 0 Å². The number of carbonyl (C=O) groups is 2. The van der Waals surface area contributed by atoms with Gasteiger partial charge in [0.15, 0.2) is 0 Å². The second-order valence-corrected chi connectivity index (χ2v) is 4.69. The van der Waals surface area contributed by atoms with E-state index in [-0.39, 0.29) is 11.9 Å². The quantitative estimate of drug-likeness (QED) is 0.637. The van der Waals surface area contributed by atoms with E-state index >= 15 is 0 Å². The third kappa shape index (κ3) is 6.05. The van der Waals surface area contributed by atoms with E-state index in [0.717, 1.165) is 25.9 Å². The molecular weight excluding hydrogens is 244 g/mol. The van der Waals surface area contributed by atoms with Gasteiger partial charge in [-0.05, 0) is 25.9 Å². The van der Waals surface area contributed by atoms with Gasteiger partial charge >= 0.3 is 5.97 Å². The molecule has 2 N–H and O–H groups in total. The molecule has 2 atom stereocenters. The van der Waals surface area contributed by atoms with Crippen LogP contribution >= 0.6 is 0 Å². The molecule has 0 saturated heterocycles. The highest BCUT2D eigenvalue weighted by Crippen LogP contribution is 2.07. The summed E-state index contributed by atoms with van der Waals surface area (Å²) in [5.41, 5.74) is 0. The van der Waals surface area contributed by atoms with Crippen molar-refractivity contribution >= 4 is 11.9 Å². The maximum Gasteiger partial charge on any atom is 0.326 e. The number of carbonyl (C=O) groups excluding carboxylic acids is 1. The molecule has 112 valence electrons. The number of hydrogen-bond donors (Lipinski definition) is 2. The van der Waals surface area contributed by atoms with E-state index in [1.54, 1.807) is 0 Å². The molecule has 5 nitrogen and oxygen atoms in total. The van der Waals surface area contributed by atoms with E-state index in [1.807, 2.05) is 32.6 Å². The van der Waals surface area contributed by atoms with Crippen LogP contribution < -0.4 is 5.32 Å². The van der Waals surface area contributed by atoms with Gasteiger partial charge in [0.2, 0.25) is 5.91 Å². The molecule has 0 spiro atoms. The molecule has 0 aromatic carbocycles. The summed E-state index contributed by atoms with van der Waals surface area (Å²) in [5, 5.41) is 11.8. The summed E-state index contributed by atoms with van der Waals surface area (Å²) in [4.78, 5) is 25.4. The number of aliphatic carboxylic acids is 1. The first kappa shape index (κ1) is 17.9. The fourth-order valence-corrected chi connectivity index (χ4v) is 2.21. The predicted octanol–water partition coefficient (Wildman–Crippen LogP) is 1.87. The van der Waals surface area contributed by atoms with Crippen molar-refractivity contribution in [2.24, 2.45) is 0 Å². The lowest BCUT2D eigenvalue weighted by Gasteiger charge is -2.28. The number of carboxylic acids is 1. The maximum absolute atomic E-state index is 12.2. The largest absolute Gasteiger partial charge is 0.480 e. The zero-order valence-electron chi connectivity index (χ0n) is 12.6. The SMILES string of the molecule is CCCC[C@H](NC(=O)C(CC)N(CC)CC)C(=O)O. The van der Waals surface area contributed by atoms with Crippen molar-refractivity contribution in [1.29, 1.82) is 0 Å². The predicted molar refractivity (Wildman–Crippen MR) is 76.1 cm³/mol. The van der Waals surface area contributed by atoms with Gasteiger partial charge in [-0.15, -0.1) is 0 Å². The topological polar surface area (TPSA) is 69.6 Å². The van der Waals surface area contributed by atoms with Gasteiger partial charge in [-0.2, -0.15) is 0 Å². The van der Waals surface area contributed by atoms with Crippen LogP contribution in [0.4, 0.5) is 0 Å². The summed E-state index contributed by atoms with van der Waals surface area (Å²) in [6, 6.07) is -1.00. The van der Waals surface area contributed by atoms with E-state index in [0.29, 0.717) is 12.8 Å². The highest BCUT2D eigenvalue weighted by atomic mass is 16.4. The molecule has 0 saturated carbocycles. The number of nitrogens with zero attached hydrogens (tertiary/aromatic N) is 1. The molecule has 0 aliphatic carbocycles. The van der Waals surface area contributed by atoms with Gasteiger partial charge in [0.25, 0.3) is 0 Å². The lowest BCUT2D eigenvalue weighted by Crippen LogP contribution is -2.51. The van der Waals surface area contributed by atoms with E-state index in [1.165, 1.54) is 0 Å². The molecular formula is C14H28N2O3. The van der Waals surface area contributed by atoms with Gasteiger partial charge in [-0.3, -0.25) is 9.69 Å². The van der Waals surface area contributed by atoms with Crippen molar-refractivity contribution in [3.63, 3.8) is 0 Å². The highest BCUT2D eigenvalue weighted by Gasteiger charge is 2.26. The lowest BCUT2D eigenvalue weighted by atomic mass is 10.1. The van der Waals surface area contributed by atoms with Crippen LogP contribution in [0, 0.1) is 0 Å². The molecule has 0 aromatic heterocycles. The Morgan fingerprint density at radius 2 is 1.74 bits per heavy atom. The van der Waals surface area contributed by atoms with Gasteiger partial charge in [-0.1, -0.05) is 40.5 Å². The number of nitrogens with one attached hydrogen (secondary N) is 1. The van der Waals surface area contributed by atoms with Crippen LogP contribution in [0.1, 0.15) is 53.4 Å². The molecule has 0 aromatic rings. The third-order valence-corrected chi connectivity index (χ3v) is 3.40. The summed E-state index contributed by atoms with van der Waals surface area (Å²) in [5.74, 6) is -1.12. The van der Waals surface area contributed by atoms with Crippen molar-refractivity contribution in [3.05, 3.63) is 0 Å².